The topological polar surface area (TPSA) is 105 Å². The van der Waals surface area contributed by atoms with E-state index in [1.807, 2.05) is 31.2 Å². The normalized spacial score (nSPS) is 18.7. The SMILES string of the molecule is CCCC1SCC(C(=O)O)N1C(=O)COCCNC(=O)OCC1c2ccccc2-c2ccccc21. The highest BCUT2D eigenvalue weighted by Crippen LogP contribution is 2.44. The number of carbonyl (C=O) groups is 3. The predicted molar refractivity (Wildman–Crippen MR) is 133 cm³/mol. The van der Waals surface area contributed by atoms with E-state index in [-0.39, 0.29) is 43.6 Å². The van der Waals surface area contributed by atoms with Gasteiger partial charge >= 0.3 is 12.1 Å². The molecule has 9 heteroatoms. The van der Waals surface area contributed by atoms with Gasteiger partial charge in [0.05, 0.1) is 12.0 Å². The number of nitrogens with one attached hydrogen (secondary N) is 1. The van der Waals surface area contributed by atoms with Gasteiger partial charge in [-0.1, -0.05) is 61.9 Å². The minimum Gasteiger partial charge on any atom is -0.480 e. The van der Waals surface area contributed by atoms with Gasteiger partial charge in [0.2, 0.25) is 5.91 Å². The summed E-state index contributed by atoms with van der Waals surface area (Å²) in [6.07, 6.45) is 1.05. The number of hydrogen-bond acceptors (Lipinski definition) is 6. The molecule has 8 nitrogen and oxygen atoms in total. The van der Waals surface area contributed by atoms with Crippen molar-refractivity contribution in [1.82, 2.24) is 10.2 Å². The van der Waals surface area contributed by atoms with Crippen molar-refractivity contribution < 1.29 is 29.0 Å². The van der Waals surface area contributed by atoms with E-state index < -0.39 is 18.1 Å². The fourth-order valence-electron chi connectivity index (χ4n) is 4.67. The molecule has 4 rings (SSSR count). The average molecular weight is 499 g/mol. The second-order valence-corrected chi connectivity index (χ2v) is 9.75. The van der Waals surface area contributed by atoms with Crippen LogP contribution in [0.4, 0.5) is 4.79 Å². The van der Waals surface area contributed by atoms with Gasteiger partial charge in [-0.25, -0.2) is 9.59 Å². The first-order valence-electron chi connectivity index (χ1n) is 11.8. The van der Waals surface area contributed by atoms with Crippen molar-refractivity contribution >= 4 is 29.7 Å². The lowest BCUT2D eigenvalue weighted by atomic mass is 9.98. The molecule has 35 heavy (non-hydrogen) atoms. The van der Waals surface area contributed by atoms with Crippen LogP contribution in [0.3, 0.4) is 0 Å². The molecule has 2 aromatic rings. The van der Waals surface area contributed by atoms with E-state index in [1.165, 1.54) is 16.7 Å². The fraction of sp³-hybridized carbons (Fsp3) is 0.423. The van der Waals surface area contributed by atoms with Crippen LogP contribution >= 0.6 is 11.8 Å². The average Bonchev–Trinajstić information content (AvgIpc) is 3.42. The van der Waals surface area contributed by atoms with Crippen molar-refractivity contribution in [2.75, 3.05) is 32.1 Å². The first-order chi connectivity index (χ1) is 17.0. The Morgan fingerprint density at radius 1 is 1.09 bits per heavy atom. The van der Waals surface area contributed by atoms with Gasteiger partial charge < -0.3 is 24.8 Å². The van der Waals surface area contributed by atoms with Crippen molar-refractivity contribution in [3.8, 4) is 11.1 Å². The highest BCUT2D eigenvalue weighted by Gasteiger charge is 2.40. The zero-order chi connectivity index (χ0) is 24.8. The van der Waals surface area contributed by atoms with Crippen molar-refractivity contribution in [1.29, 1.82) is 0 Å². The molecule has 0 saturated carbocycles. The van der Waals surface area contributed by atoms with Crippen molar-refractivity contribution in [3.63, 3.8) is 0 Å². The van der Waals surface area contributed by atoms with Crippen LogP contribution in [0.5, 0.6) is 0 Å². The lowest BCUT2D eigenvalue weighted by molar-refractivity contribution is -0.151. The second kappa shape index (κ2) is 11.6. The molecule has 1 fully saturated rings. The molecule has 2 aromatic carbocycles. The standard InChI is InChI=1S/C26H30N2O6S/c1-2-7-24-28(22(16-35-24)25(30)31)23(29)15-33-13-12-27-26(32)34-14-21-19-10-5-3-8-17(19)18-9-4-6-11-20(18)21/h3-6,8-11,21-22,24H,2,7,12-16H2,1H3,(H,27,32)(H,30,31). The predicted octanol–water partition coefficient (Wildman–Crippen LogP) is 3.70. The number of nitrogens with zero attached hydrogens (tertiary/aromatic N) is 1. The van der Waals surface area contributed by atoms with E-state index in [0.29, 0.717) is 5.75 Å². The maximum absolute atomic E-state index is 12.6. The van der Waals surface area contributed by atoms with Crippen molar-refractivity contribution in [2.24, 2.45) is 0 Å². The lowest BCUT2D eigenvalue weighted by Crippen LogP contribution is -2.47. The van der Waals surface area contributed by atoms with Gasteiger partial charge in [0, 0.05) is 18.2 Å². The summed E-state index contributed by atoms with van der Waals surface area (Å²) in [6, 6.07) is 15.4. The van der Waals surface area contributed by atoms with Gasteiger partial charge in [-0.3, -0.25) is 4.79 Å². The molecular formula is C26H30N2O6S. The number of ether oxygens (including phenoxy) is 2. The van der Waals surface area contributed by atoms with E-state index in [0.717, 1.165) is 35.1 Å². The first kappa shape index (κ1) is 25.1. The summed E-state index contributed by atoms with van der Waals surface area (Å²) in [5.74, 6) is -0.975. The zero-order valence-corrected chi connectivity index (χ0v) is 20.5. The molecule has 1 aliphatic carbocycles. The second-order valence-electron chi connectivity index (χ2n) is 8.54. The van der Waals surface area contributed by atoms with Crippen LogP contribution in [0.25, 0.3) is 11.1 Å². The maximum Gasteiger partial charge on any atom is 0.407 e. The molecule has 2 amide bonds. The van der Waals surface area contributed by atoms with Gasteiger partial charge in [0.25, 0.3) is 0 Å². The van der Waals surface area contributed by atoms with E-state index in [9.17, 15) is 19.5 Å². The van der Waals surface area contributed by atoms with Crippen LogP contribution in [-0.2, 0) is 19.1 Å². The lowest BCUT2D eigenvalue weighted by Gasteiger charge is -2.27. The van der Waals surface area contributed by atoms with Crippen LogP contribution < -0.4 is 5.32 Å². The van der Waals surface area contributed by atoms with Crippen LogP contribution in [-0.4, -0.2) is 71.5 Å². The minimum absolute atomic E-state index is 0.0152. The van der Waals surface area contributed by atoms with E-state index in [1.54, 1.807) is 0 Å². The maximum atomic E-state index is 12.6. The first-order valence-corrected chi connectivity index (χ1v) is 12.9. The molecule has 2 aliphatic rings. The molecule has 0 aromatic heterocycles. The summed E-state index contributed by atoms with van der Waals surface area (Å²) < 4.78 is 10.9. The Labute approximate surface area is 209 Å². The third-order valence-corrected chi connectivity index (χ3v) is 7.64. The number of carboxylic acid groups (broad SMARTS) is 1. The molecule has 1 saturated heterocycles. The summed E-state index contributed by atoms with van der Waals surface area (Å²) in [5.41, 5.74) is 4.62. The number of carbonyl (C=O) groups excluding carboxylic acids is 2. The Morgan fingerprint density at radius 3 is 2.37 bits per heavy atom. The summed E-state index contributed by atoms with van der Waals surface area (Å²) in [7, 11) is 0. The number of amides is 2. The molecule has 186 valence electrons. The summed E-state index contributed by atoms with van der Waals surface area (Å²) in [5, 5.41) is 11.9. The van der Waals surface area contributed by atoms with Gasteiger partial charge in [-0.2, -0.15) is 0 Å². The molecule has 2 unspecified atom stereocenters. The largest absolute Gasteiger partial charge is 0.480 e. The fourth-order valence-corrected chi connectivity index (χ4v) is 6.20. The molecule has 1 aliphatic heterocycles. The van der Waals surface area contributed by atoms with Gasteiger partial charge in [-0.15, -0.1) is 11.8 Å². The number of thioether (sulfide) groups is 1. The molecular weight excluding hydrogens is 468 g/mol. The van der Waals surface area contributed by atoms with Gasteiger partial charge in [0.15, 0.2) is 0 Å². The van der Waals surface area contributed by atoms with Gasteiger partial charge in [-0.05, 0) is 28.7 Å². The zero-order valence-electron chi connectivity index (χ0n) is 19.6. The smallest absolute Gasteiger partial charge is 0.407 e. The third kappa shape index (κ3) is 5.62. The number of carboxylic acids is 1. The third-order valence-electron chi connectivity index (χ3n) is 6.29. The van der Waals surface area contributed by atoms with Crippen LogP contribution in [0, 0.1) is 0 Å². The number of alkyl carbamates (subject to hydrolysis) is 1. The quantitative estimate of drug-likeness (QED) is 0.481. The molecule has 2 atom stereocenters. The van der Waals surface area contributed by atoms with E-state index in [4.69, 9.17) is 9.47 Å². The minimum atomic E-state index is -0.999. The molecule has 0 spiro atoms. The Balaban J connectivity index is 1.20. The number of benzene rings is 2. The summed E-state index contributed by atoms with van der Waals surface area (Å²) in [4.78, 5) is 37.8. The number of aliphatic carboxylic acids is 1. The van der Waals surface area contributed by atoms with Crippen LogP contribution in [0.1, 0.15) is 36.8 Å². The highest BCUT2D eigenvalue weighted by atomic mass is 32.2. The Bertz CT molecular complexity index is 1030. The number of hydrogen-bond donors (Lipinski definition) is 2. The van der Waals surface area contributed by atoms with E-state index in [2.05, 4.69) is 29.6 Å². The van der Waals surface area contributed by atoms with Crippen LogP contribution in [0.15, 0.2) is 48.5 Å². The molecule has 2 N–H and O–H groups in total. The Morgan fingerprint density at radius 2 is 1.74 bits per heavy atom. The van der Waals surface area contributed by atoms with Crippen LogP contribution in [0.2, 0.25) is 0 Å². The molecule has 0 radical (unpaired) electrons. The van der Waals surface area contributed by atoms with Crippen molar-refractivity contribution in [2.45, 2.75) is 37.1 Å². The van der Waals surface area contributed by atoms with Gasteiger partial charge in [0.1, 0.15) is 19.3 Å². The Hall–Kier alpha value is -3.04. The van der Waals surface area contributed by atoms with Crippen molar-refractivity contribution in [3.05, 3.63) is 59.7 Å². The Kier molecular flexibility index (Phi) is 8.30. The monoisotopic (exact) mass is 498 g/mol. The number of fused-ring (bicyclic) bond motifs is 3. The highest BCUT2D eigenvalue weighted by molar-refractivity contribution is 8.00. The summed E-state index contributed by atoms with van der Waals surface area (Å²) in [6.45, 7) is 2.30. The molecule has 1 heterocycles. The molecule has 0 bridgehead atoms. The number of rotatable bonds is 10. The summed E-state index contributed by atoms with van der Waals surface area (Å²) >= 11 is 1.49. The van der Waals surface area contributed by atoms with E-state index >= 15 is 0 Å².